The van der Waals surface area contributed by atoms with E-state index in [1.54, 1.807) is 0 Å². The van der Waals surface area contributed by atoms with Crippen LogP contribution in [0.25, 0.3) is 0 Å². The van der Waals surface area contributed by atoms with Gasteiger partial charge in [-0.25, -0.2) is 0 Å². The maximum Gasteiger partial charge on any atom is 0.305 e. The summed E-state index contributed by atoms with van der Waals surface area (Å²) in [6.45, 7) is 1.99. The fraction of sp³-hybridized carbons (Fsp3) is 0.556. The lowest BCUT2D eigenvalue weighted by Crippen LogP contribution is -2.54. The quantitative estimate of drug-likeness (QED) is 0.764. The fourth-order valence-electron chi connectivity index (χ4n) is 3.28. The molecule has 1 aromatic rings. The summed E-state index contributed by atoms with van der Waals surface area (Å²) in [7, 11) is 1.39. The molecule has 1 unspecified atom stereocenters. The van der Waals surface area contributed by atoms with Crippen LogP contribution in [0.15, 0.2) is 24.3 Å². The van der Waals surface area contributed by atoms with Gasteiger partial charge in [0.25, 0.3) is 0 Å². The monoisotopic (exact) mass is 373 g/mol. The number of rotatable bonds is 6. The van der Waals surface area contributed by atoms with Crippen molar-refractivity contribution in [2.45, 2.75) is 57.0 Å². The van der Waals surface area contributed by atoms with Gasteiger partial charge in [0.15, 0.2) is 5.78 Å². The average molecular weight is 374 g/mol. The molecular weight excluding hydrogens is 349 g/mol. The number of esters is 1. The van der Waals surface area contributed by atoms with Gasteiger partial charge >= 0.3 is 5.97 Å². The SMILES string of the molecule is COC(=O)CC[C@H](C)NC1(c2ccccc2Cl)CCCCC1=O.Cl. The van der Waals surface area contributed by atoms with E-state index in [2.05, 4.69) is 10.1 Å². The van der Waals surface area contributed by atoms with Gasteiger partial charge < -0.3 is 4.74 Å². The number of nitrogens with one attached hydrogen (secondary N) is 1. The summed E-state index contributed by atoms with van der Waals surface area (Å²) in [5, 5.41) is 4.08. The third kappa shape index (κ3) is 4.71. The highest BCUT2D eigenvalue weighted by Crippen LogP contribution is 2.38. The number of benzene rings is 1. The summed E-state index contributed by atoms with van der Waals surface area (Å²) in [5.41, 5.74) is 0.0999. The van der Waals surface area contributed by atoms with Crippen molar-refractivity contribution < 1.29 is 14.3 Å². The highest BCUT2D eigenvalue weighted by atomic mass is 35.5. The number of hydrogen-bond acceptors (Lipinski definition) is 4. The molecule has 4 nitrogen and oxygen atoms in total. The van der Waals surface area contributed by atoms with Crippen molar-refractivity contribution >= 4 is 35.8 Å². The number of ether oxygens (including phenoxy) is 1. The number of Topliss-reactive ketones (excluding diaryl/α,β-unsaturated/α-hetero) is 1. The van der Waals surface area contributed by atoms with Crippen molar-refractivity contribution in [3.8, 4) is 0 Å². The highest BCUT2D eigenvalue weighted by Gasteiger charge is 2.43. The third-order valence-corrected chi connectivity index (χ3v) is 4.85. The first-order chi connectivity index (χ1) is 11.0. The van der Waals surface area contributed by atoms with Gasteiger partial charge in [-0.15, -0.1) is 12.4 Å². The first-order valence-electron chi connectivity index (χ1n) is 8.12. The van der Waals surface area contributed by atoms with Gasteiger partial charge in [-0.3, -0.25) is 14.9 Å². The zero-order chi connectivity index (χ0) is 16.9. The van der Waals surface area contributed by atoms with Crippen LogP contribution in [0, 0.1) is 0 Å². The molecule has 134 valence electrons. The molecule has 0 radical (unpaired) electrons. The average Bonchev–Trinajstić information content (AvgIpc) is 2.55. The lowest BCUT2D eigenvalue weighted by molar-refractivity contribution is -0.140. The topological polar surface area (TPSA) is 55.4 Å². The second kappa shape index (κ2) is 9.40. The Balaban J connectivity index is 0.00000288. The van der Waals surface area contributed by atoms with E-state index in [-0.39, 0.29) is 30.2 Å². The molecule has 1 aliphatic carbocycles. The Morgan fingerprint density at radius 1 is 1.38 bits per heavy atom. The van der Waals surface area contributed by atoms with E-state index in [9.17, 15) is 9.59 Å². The minimum Gasteiger partial charge on any atom is -0.469 e. The number of halogens is 2. The van der Waals surface area contributed by atoms with Gasteiger partial charge in [-0.05, 0) is 37.8 Å². The molecule has 2 rings (SSSR count). The van der Waals surface area contributed by atoms with Crippen molar-refractivity contribution in [2.24, 2.45) is 0 Å². The van der Waals surface area contributed by atoms with Crippen molar-refractivity contribution in [1.82, 2.24) is 5.32 Å². The summed E-state index contributed by atoms with van der Waals surface area (Å²) in [6.07, 6.45) is 4.14. The predicted molar refractivity (Wildman–Crippen MR) is 97.7 cm³/mol. The van der Waals surface area contributed by atoms with E-state index in [0.717, 1.165) is 24.8 Å². The minimum atomic E-state index is -0.744. The van der Waals surface area contributed by atoms with Crippen molar-refractivity contribution in [3.63, 3.8) is 0 Å². The number of methoxy groups -OCH3 is 1. The Morgan fingerprint density at radius 3 is 2.71 bits per heavy atom. The van der Waals surface area contributed by atoms with E-state index >= 15 is 0 Å². The molecule has 6 heteroatoms. The van der Waals surface area contributed by atoms with Gasteiger partial charge in [0.05, 0.1) is 7.11 Å². The first kappa shape index (κ1) is 20.9. The standard InChI is InChI=1S/C18H24ClNO3.ClH/c1-13(10-11-17(22)23-2)20-18(12-6-5-9-16(18)21)14-7-3-4-8-15(14)19;/h3-4,7-8,13,20H,5-6,9-12H2,1-2H3;1H/t13-,18?;/m0./s1. The van der Waals surface area contributed by atoms with Gasteiger partial charge in [-0.1, -0.05) is 36.2 Å². The Kier molecular flexibility index (Phi) is 8.20. The van der Waals surface area contributed by atoms with Crippen LogP contribution in [-0.4, -0.2) is 24.9 Å². The maximum atomic E-state index is 12.8. The number of carbonyl (C=O) groups is 2. The molecule has 0 bridgehead atoms. The third-order valence-electron chi connectivity index (χ3n) is 4.52. The zero-order valence-corrected chi connectivity index (χ0v) is 15.7. The van der Waals surface area contributed by atoms with Gasteiger partial charge in [-0.2, -0.15) is 0 Å². The Hall–Kier alpha value is -1.10. The number of hydrogen-bond donors (Lipinski definition) is 1. The summed E-state index contributed by atoms with van der Waals surface area (Å²) in [4.78, 5) is 24.1. The number of carbonyl (C=O) groups excluding carboxylic acids is 2. The molecule has 0 amide bonds. The molecule has 0 aliphatic heterocycles. The summed E-state index contributed by atoms with van der Waals surface area (Å²) in [6, 6.07) is 7.53. The van der Waals surface area contributed by atoms with E-state index < -0.39 is 5.54 Å². The largest absolute Gasteiger partial charge is 0.469 e. The lowest BCUT2D eigenvalue weighted by Gasteiger charge is -2.40. The summed E-state index contributed by atoms with van der Waals surface area (Å²) < 4.78 is 4.69. The molecule has 2 atom stereocenters. The van der Waals surface area contributed by atoms with Gasteiger partial charge in [0, 0.05) is 23.9 Å². The van der Waals surface area contributed by atoms with Crippen LogP contribution in [0.2, 0.25) is 5.02 Å². The molecule has 0 aromatic heterocycles. The van der Waals surface area contributed by atoms with Gasteiger partial charge in [0.2, 0.25) is 0 Å². The molecule has 1 aliphatic rings. The van der Waals surface area contributed by atoms with Crippen LogP contribution in [0.5, 0.6) is 0 Å². The molecule has 0 heterocycles. The maximum absolute atomic E-state index is 12.8. The van der Waals surface area contributed by atoms with Crippen LogP contribution in [0.3, 0.4) is 0 Å². The second-order valence-electron chi connectivity index (χ2n) is 6.18. The molecule has 1 fully saturated rings. The van der Waals surface area contributed by atoms with Crippen LogP contribution >= 0.6 is 24.0 Å². The smallest absolute Gasteiger partial charge is 0.305 e. The Bertz CT molecular complexity index is 579. The van der Waals surface area contributed by atoms with E-state index in [0.29, 0.717) is 24.3 Å². The van der Waals surface area contributed by atoms with Crippen LogP contribution < -0.4 is 5.32 Å². The van der Waals surface area contributed by atoms with E-state index in [1.165, 1.54) is 7.11 Å². The second-order valence-corrected chi connectivity index (χ2v) is 6.58. The van der Waals surface area contributed by atoms with Gasteiger partial charge in [0.1, 0.15) is 5.54 Å². The minimum absolute atomic E-state index is 0. The van der Waals surface area contributed by atoms with Crippen LogP contribution in [-0.2, 0) is 19.9 Å². The highest BCUT2D eigenvalue weighted by molar-refractivity contribution is 6.31. The molecular formula is C18H25Cl2NO3. The molecule has 0 saturated heterocycles. The molecule has 0 spiro atoms. The summed E-state index contributed by atoms with van der Waals surface area (Å²) in [5.74, 6) is -0.0535. The summed E-state index contributed by atoms with van der Waals surface area (Å²) >= 11 is 6.38. The Morgan fingerprint density at radius 2 is 2.08 bits per heavy atom. The fourth-order valence-corrected chi connectivity index (χ4v) is 3.58. The molecule has 24 heavy (non-hydrogen) atoms. The molecule has 1 N–H and O–H groups in total. The van der Waals surface area contributed by atoms with Crippen molar-refractivity contribution in [3.05, 3.63) is 34.9 Å². The molecule has 1 aromatic carbocycles. The number of ketones is 1. The van der Waals surface area contributed by atoms with Crippen LogP contribution in [0.4, 0.5) is 0 Å². The first-order valence-corrected chi connectivity index (χ1v) is 8.50. The zero-order valence-electron chi connectivity index (χ0n) is 14.1. The van der Waals surface area contributed by atoms with Crippen molar-refractivity contribution in [1.29, 1.82) is 0 Å². The molecule has 1 saturated carbocycles. The van der Waals surface area contributed by atoms with E-state index in [1.807, 2.05) is 31.2 Å². The lowest BCUT2D eigenvalue weighted by atomic mass is 9.75. The van der Waals surface area contributed by atoms with Crippen molar-refractivity contribution in [2.75, 3.05) is 7.11 Å². The normalized spacial score (nSPS) is 21.7. The van der Waals surface area contributed by atoms with E-state index in [4.69, 9.17) is 11.6 Å². The Labute approximate surface area is 154 Å². The van der Waals surface area contributed by atoms with Crippen LogP contribution in [0.1, 0.15) is 51.0 Å². The predicted octanol–water partition coefficient (Wildman–Crippen LogP) is 4.03.